The number of fused-ring (bicyclic) bond motifs is 1. The maximum atomic E-state index is 12.2. The van der Waals surface area contributed by atoms with Gasteiger partial charge in [-0.1, -0.05) is 12.2 Å². The van der Waals surface area contributed by atoms with Crippen LogP contribution in [0.3, 0.4) is 0 Å². The second kappa shape index (κ2) is 10.1. The molecule has 7 N–H and O–H groups in total. The van der Waals surface area contributed by atoms with Crippen molar-refractivity contribution in [2.24, 2.45) is 11.7 Å². The number of nitrogen functional groups attached to an aromatic ring is 1. The highest BCUT2D eigenvalue weighted by molar-refractivity contribution is 5.90. The Morgan fingerprint density at radius 1 is 1.28 bits per heavy atom. The van der Waals surface area contributed by atoms with E-state index in [1.807, 2.05) is 0 Å². The van der Waals surface area contributed by atoms with E-state index in [1.54, 1.807) is 12.2 Å². The number of rotatable bonds is 8. The SMILES string of the molecule is Nc1nc2ncc(CNC3C=CC(C(=O)OC(=O)[C@@H](N)CCC(=O)O)CC3)nc2c(=O)[nH]1. The number of carboxylic acid groups (broad SMARTS) is 1. The van der Waals surface area contributed by atoms with Crippen molar-refractivity contribution in [3.05, 3.63) is 34.4 Å². The molecule has 13 heteroatoms. The van der Waals surface area contributed by atoms with Crippen LogP contribution in [0.1, 0.15) is 31.4 Å². The lowest BCUT2D eigenvalue weighted by atomic mass is 9.93. The Bertz CT molecular complexity index is 1120. The topological polar surface area (TPSA) is 216 Å². The van der Waals surface area contributed by atoms with Crippen molar-refractivity contribution in [3.8, 4) is 0 Å². The van der Waals surface area contributed by atoms with Crippen LogP contribution in [0.25, 0.3) is 11.2 Å². The van der Waals surface area contributed by atoms with Crippen LogP contribution >= 0.6 is 0 Å². The van der Waals surface area contributed by atoms with Gasteiger partial charge in [-0.25, -0.2) is 14.8 Å². The van der Waals surface area contributed by atoms with Crippen molar-refractivity contribution in [2.45, 2.75) is 44.3 Å². The van der Waals surface area contributed by atoms with Crippen molar-refractivity contribution in [2.75, 3.05) is 5.73 Å². The third kappa shape index (κ3) is 5.92. The monoisotopic (exact) mass is 445 g/mol. The Morgan fingerprint density at radius 2 is 2.06 bits per heavy atom. The zero-order valence-electron chi connectivity index (χ0n) is 17.0. The molecule has 2 unspecified atom stereocenters. The molecule has 3 rings (SSSR count). The van der Waals surface area contributed by atoms with E-state index in [0.29, 0.717) is 25.1 Å². The van der Waals surface area contributed by atoms with Crippen LogP contribution < -0.4 is 22.3 Å². The minimum absolute atomic E-state index is 0.0351. The van der Waals surface area contributed by atoms with Crippen LogP contribution in [0.5, 0.6) is 0 Å². The average Bonchev–Trinajstić information content (AvgIpc) is 2.76. The Balaban J connectivity index is 1.50. The molecule has 0 spiro atoms. The number of hydrogen-bond acceptors (Lipinski definition) is 11. The predicted octanol–water partition coefficient (Wildman–Crippen LogP) is -1.02. The van der Waals surface area contributed by atoms with Gasteiger partial charge in [-0.2, -0.15) is 4.98 Å². The van der Waals surface area contributed by atoms with Crippen LogP contribution in [-0.2, 0) is 25.7 Å². The van der Waals surface area contributed by atoms with Gasteiger partial charge in [-0.3, -0.25) is 19.4 Å². The molecule has 0 amide bonds. The van der Waals surface area contributed by atoms with Crippen molar-refractivity contribution in [3.63, 3.8) is 0 Å². The number of nitrogens with two attached hydrogens (primary N) is 2. The molecule has 3 atom stereocenters. The molecule has 0 aliphatic heterocycles. The molecule has 170 valence electrons. The predicted molar refractivity (Wildman–Crippen MR) is 111 cm³/mol. The Hall–Kier alpha value is -3.71. The fraction of sp³-hybridized carbons (Fsp3) is 0.421. The van der Waals surface area contributed by atoms with Gasteiger partial charge in [0.25, 0.3) is 5.56 Å². The molecule has 2 aromatic rings. The molecule has 0 radical (unpaired) electrons. The quantitative estimate of drug-likeness (QED) is 0.187. The summed E-state index contributed by atoms with van der Waals surface area (Å²) < 4.78 is 4.78. The largest absolute Gasteiger partial charge is 0.481 e. The third-order valence-electron chi connectivity index (χ3n) is 4.87. The highest BCUT2D eigenvalue weighted by atomic mass is 16.6. The molecular formula is C19H23N7O6. The molecule has 2 heterocycles. The highest BCUT2D eigenvalue weighted by Crippen LogP contribution is 2.20. The zero-order chi connectivity index (χ0) is 23.3. The lowest BCUT2D eigenvalue weighted by Crippen LogP contribution is -2.37. The van der Waals surface area contributed by atoms with Crippen molar-refractivity contribution in [1.82, 2.24) is 25.3 Å². The second-order valence-corrected chi connectivity index (χ2v) is 7.32. The number of nitrogens with zero attached hydrogens (tertiary/aromatic N) is 3. The number of carbonyl (C=O) groups excluding carboxylic acids is 2. The molecular weight excluding hydrogens is 422 g/mol. The molecule has 32 heavy (non-hydrogen) atoms. The highest BCUT2D eigenvalue weighted by Gasteiger charge is 2.27. The van der Waals surface area contributed by atoms with Gasteiger partial charge >= 0.3 is 17.9 Å². The van der Waals surface area contributed by atoms with Crippen LogP contribution in [-0.4, -0.2) is 55.0 Å². The summed E-state index contributed by atoms with van der Waals surface area (Å²) in [6.45, 7) is 0.327. The first-order chi connectivity index (χ1) is 15.2. The number of hydrogen-bond donors (Lipinski definition) is 5. The Morgan fingerprint density at radius 3 is 2.75 bits per heavy atom. The summed E-state index contributed by atoms with van der Waals surface area (Å²) in [6, 6.07) is -1.23. The molecule has 1 aliphatic rings. The van der Waals surface area contributed by atoms with E-state index in [0.717, 1.165) is 0 Å². The van der Waals surface area contributed by atoms with Crippen molar-refractivity contribution in [1.29, 1.82) is 0 Å². The molecule has 0 fully saturated rings. The first-order valence-electron chi connectivity index (χ1n) is 9.89. The number of aromatic amines is 1. The number of anilines is 1. The van der Waals surface area contributed by atoms with Crippen LogP contribution in [0, 0.1) is 5.92 Å². The number of esters is 2. The summed E-state index contributed by atoms with van der Waals surface area (Å²) in [5, 5.41) is 11.9. The number of carboxylic acids is 1. The molecule has 13 nitrogen and oxygen atoms in total. The van der Waals surface area contributed by atoms with Crippen molar-refractivity contribution >= 4 is 35.0 Å². The maximum absolute atomic E-state index is 12.2. The number of carbonyl (C=O) groups is 3. The number of H-pyrrole nitrogens is 1. The first-order valence-corrected chi connectivity index (χ1v) is 9.89. The number of nitrogens with one attached hydrogen (secondary N) is 2. The van der Waals surface area contributed by atoms with E-state index >= 15 is 0 Å². The average molecular weight is 445 g/mol. The summed E-state index contributed by atoms with van der Waals surface area (Å²) in [6.07, 6.45) is 5.55. The van der Waals surface area contributed by atoms with Crippen molar-refractivity contribution < 1.29 is 24.2 Å². The minimum atomic E-state index is -1.17. The second-order valence-electron chi connectivity index (χ2n) is 7.32. The van der Waals surface area contributed by atoms with Gasteiger partial charge in [0.2, 0.25) is 5.95 Å². The minimum Gasteiger partial charge on any atom is -0.481 e. The lowest BCUT2D eigenvalue weighted by molar-refractivity contribution is -0.162. The molecule has 0 aromatic carbocycles. The van der Waals surface area contributed by atoms with Gasteiger partial charge in [0, 0.05) is 19.0 Å². The smallest absolute Gasteiger partial charge is 0.330 e. The van der Waals surface area contributed by atoms with E-state index in [4.69, 9.17) is 21.3 Å². The fourth-order valence-electron chi connectivity index (χ4n) is 3.13. The molecule has 0 saturated carbocycles. The summed E-state index contributed by atoms with van der Waals surface area (Å²) in [4.78, 5) is 61.1. The molecule has 2 aromatic heterocycles. The van der Waals surface area contributed by atoms with E-state index < -0.39 is 35.4 Å². The third-order valence-corrected chi connectivity index (χ3v) is 4.87. The molecule has 1 aliphatic carbocycles. The summed E-state index contributed by atoms with van der Waals surface area (Å²) >= 11 is 0. The maximum Gasteiger partial charge on any atom is 0.330 e. The van der Waals surface area contributed by atoms with Gasteiger partial charge in [-0.15, -0.1) is 0 Å². The van der Waals surface area contributed by atoms with Gasteiger partial charge in [0.15, 0.2) is 11.2 Å². The van der Waals surface area contributed by atoms with Crippen LogP contribution in [0.15, 0.2) is 23.1 Å². The van der Waals surface area contributed by atoms with E-state index in [9.17, 15) is 19.2 Å². The summed E-state index contributed by atoms with van der Waals surface area (Å²) in [5.41, 5.74) is 11.3. The molecule has 0 bridgehead atoms. The standard InChI is InChI=1S/C19H23N7O6/c20-12(5-6-13(27)28)18(31)32-17(30)9-1-3-10(4-2-9)22-7-11-8-23-15-14(24-11)16(29)26-19(21)25-15/h1,3,8-10,12,22H,2,4-7,20H2,(H,27,28)(H3,21,23,25,26,29)/t9?,10?,12-/m0/s1. The summed E-state index contributed by atoms with van der Waals surface area (Å²) in [5.74, 6) is -3.38. The number of aliphatic carboxylic acids is 1. The Labute approximate surface area is 181 Å². The summed E-state index contributed by atoms with van der Waals surface area (Å²) in [7, 11) is 0. The normalized spacial score (nSPS) is 18.9. The van der Waals surface area contributed by atoms with Crippen LogP contribution in [0.4, 0.5) is 5.95 Å². The van der Waals surface area contributed by atoms with Crippen LogP contribution in [0.2, 0.25) is 0 Å². The lowest BCUT2D eigenvalue weighted by Gasteiger charge is -2.22. The van der Waals surface area contributed by atoms with E-state index in [-0.39, 0.29) is 36.0 Å². The first kappa shape index (κ1) is 23.0. The van der Waals surface area contributed by atoms with E-state index in [2.05, 4.69) is 25.3 Å². The van der Waals surface area contributed by atoms with Gasteiger partial charge < -0.3 is 26.6 Å². The molecule has 0 saturated heterocycles. The number of aromatic nitrogens is 4. The van der Waals surface area contributed by atoms with Gasteiger partial charge in [0.1, 0.15) is 6.04 Å². The van der Waals surface area contributed by atoms with Gasteiger partial charge in [-0.05, 0) is 19.3 Å². The zero-order valence-corrected chi connectivity index (χ0v) is 17.0. The van der Waals surface area contributed by atoms with Gasteiger partial charge in [0.05, 0.1) is 17.8 Å². The Kier molecular flexibility index (Phi) is 7.22. The fourth-order valence-corrected chi connectivity index (χ4v) is 3.13. The van der Waals surface area contributed by atoms with E-state index in [1.165, 1.54) is 6.20 Å². The number of ether oxygens (including phenoxy) is 1.